The molecule has 8 nitrogen and oxygen atoms in total. The smallest absolute Gasteiger partial charge is 0.298 e. The minimum atomic E-state index is -0.116. The zero-order chi connectivity index (χ0) is 16.7. The molecule has 22 heavy (non-hydrogen) atoms. The molecule has 0 saturated carbocycles. The van der Waals surface area contributed by atoms with E-state index in [0.717, 1.165) is 11.5 Å². The highest BCUT2D eigenvalue weighted by atomic mass is 32.1. The Hall–Kier alpha value is -2.99. The first kappa shape index (κ1) is 14.0. The summed E-state index contributed by atoms with van der Waals surface area (Å²) in [6.07, 6.45) is 1.68. The molecule has 1 heterocycles. The number of aromatic nitrogens is 2. The third kappa shape index (κ3) is 3.56. The SMILES string of the molecule is [2H]c1nsc(Oc2ccccc2C(=NOC)C(=NC)NC#N)n1. The van der Waals surface area contributed by atoms with Crippen molar-refractivity contribution in [2.24, 2.45) is 10.1 Å². The van der Waals surface area contributed by atoms with Crippen LogP contribution in [0.3, 0.4) is 0 Å². The maximum absolute atomic E-state index is 8.83. The minimum Gasteiger partial charge on any atom is -0.429 e. The molecular weight excluding hydrogens is 304 g/mol. The predicted octanol–water partition coefficient (Wildman–Crippen LogP) is 1.78. The molecule has 0 unspecified atom stereocenters. The van der Waals surface area contributed by atoms with Crippen LogP contribution < -0.4 is 10.1 Å². The maximum atomic E-state index is 8.83. The Morgan fingerprint density at radius 2 is 2.32 bits per heavy atom. The number of nitrogens with zero attached hydrogens (tertiary/aromatic N) is 5. The van der Waals surface area contributed by atoms with Crippen LogP contribution in [0.4, 0.5) is 0 Å². The third-order valence-electron chi connectivity index (χ3n) is 2.45. The first-order valence-corrected chi connectivity index (χ1v) is 6.78. The Morgan fingerprint density at radius 3 is 2.95 bits per heavy atom. The highest BCUT2D eigenvalue weighted by Crippen LogP contribution is 2.26. The van der Waals surface area contributed by atoms with Crippen LogP contribution in [0.1, 0.15) is 6.93 Å². The molecule has 0 radical (unpaired) electrons. The highest BCUT2D eigenvalue weighted by molar-refractivity contribution is 7.07. The van der Waals surface area contributed by atoms with Gasteiger partial charge in [-0.15, -0.1) is 0 Å². The molecule has 0 saturated heterocycles. The largest absolute Gasteiger partial charge is 0.429 e. The van der Waals surface area contributed by atoms with Crippen molar-refractivity contribution in [3.63, 3.8) is 0 Å². The lowest BCUT2D eigenvalue weighted by atomic mass is 10.1. The number of nitriles is 1. The van der Waals surface area contributed by atoms with E-state index in [9.17, 15) is 0 Å². The Labute approximate surface area is 132 Å². The van der Waals surface area contributed by atoms with Gasteiger partial charge in [0.1, 0.15) is 20.5 Å². The van der Waals surface area contributed by atoms with E-state index in [1.807, 2.05) is 0 Å². The summed E-state index contributed by atoms with van der Waals surface area (Å²) in [5.74, 6) is 0.643. The van der Waals surface area contributed by atoms with Crippen LogP contribution in [-0.4, -0.2) is 35.1 Å². The molecule has 0 fully saturated rings. The molecule has 9 heteroatoms. The van der Waals surface area contributed by atoms with Crippen molar-refractivity contribution in [2.45, 2.75) is 0 Å². The zero-order valence-electron chi connectivity index (χ0n) is 12.8. The van der Waals surface area contributed by atoms with E-state index in [2.05, 4.69) is 24.8 Å². The standard InChI is InChI=1S/C13H12N6O2S/c1-15-12(16-7-14)11(19-20-2)9-5-3-4-6-10(9)21-13-17-8-18-22-13/h3-6,8H,1-2H3,(H,15,16)/i8D. The summed E-state index contributed by atoms with van der Waals surface area (Å²) in [7, 11) is 2.91. The summed E-state index contributed by atoms with van der Waals surface area (Å²) in [6.45, 7) is 0. The van der Waals surface area contributed by atoms with Crippen molar-refractivity contribution >= 4 is 23.1 Å². The number of para-hydroxylation sites is 1. The molecule has 0 aliphatic carbocycles. The average molecular weight is 317 g/mol. The number of hydrogen-bond donors (Lipinski definition) is 1. The second kappa shape index (κ2) is 7.70. The summed E-state index contributed by atoms with van der Waals surface area (Å²) in [6, 6.07) is 6.99. The lowest BCUT2D eigenvalue weighted by molar-refractivity contribution is 0.214. The molecule has 1 aromatic heterocycles. The van der Waals surface area contributed by atoms with E-state index in [-0.39, 0.29) is 17.3 Å². The van der Waals surface area contributed by atoms with E-state index < -0.39 is 0 Å². The van der Waals surface area contributed by atoms with Gasteiger partial charge < -0.3 is 9.57 Å². The molecule has 0 aliphatic heterocycles. The molecule has 0 bridgehead atoms. The van der Waals surface area contributed by atoms with Gasteiger partial charge >= 0.3 is 0 Å². The zero-order valence-corrected chi connectivity index (χ0v) is 12.6. The fraction of sp³-hybridized carbons (Fsp3) is 0.154. The van der Waals surface area contributed by atoms with Gasteiger partial charge in [-0.3, -0.25) is 10.3 Å². The average Bonchev–Trinajstić information content (AvgIpc) is 2.96. The first-order valence-electron chi connectivity index (χ1n) is 6.50. The van der Waals surface area contributed by atoms with Gasteiger partial charge in [0.25, 0.3) is 5.19 Å². The van der Waals surface area contributed by atoms with Crippen LogP contribution in [0.5, 0.6) is 10.9 Å². The van der Waals surface area contributed by atoms with E-state index in [1.165, 1.54) is 14.2 Å². The molecule has 0 spiro atoms. The molecule has 1 aromatic carbocycles. The van der Waals surface area contributed by atoms with Crippen LogP contribution in [0.25, 0.3) is 0 Å². The molecule has 0 aliphatic rings. The fourth-order valence-electron chi connectivity index (χ4n) is 1.61. The fourth-order valence-corrected chi connectivity index (χ4v) is 1.98. The number of aliphatic imine (C=N–C) groups is 1. The van der Waals surface area contributed by atoms with Gasteiger partial charge in [0.15, 0.2) is 17.7 Å². The van der Waals surface area contributed by atoms with Gasteiger partial charge in [-0.25, -0.2) is 0 Å². The van der Waals surface area contributed by atoms with Gasteiger partial charge in [0.2, 0.25) is 0 Å². The summed E-state index contributed by atoms with van der Waals surface area (Å²) in [5, 5.41) is 15.4. The van der Waals surface area contributed by atoms with Gasteiger partial charge in [-0.05, 0) is 12.1 Å². The number of rotatable bonds is 5. The van der Waals surface area contributed by atoms with E-state index >= 15 is 0 Å². The monoisotopic (exact) mass is 317 g/mol. The minimum absolute atomic E-state index is 0.116. The number of oxime groups is 1. The lowest BCUT2D eigenvalue weighted by Crippen LogP contribution is -2.29. The van der Waals surface area contributed by atoms with E-state index in [4.69, 9.17) is 16.2 Å². The number of amidine groups is 1. The Kier molecular flexibility index (Phi) is 4.89. The summed E-state index contributed by atoms with van der Waals surface area (Å²) >= 11 is 0.962. The Morgan fingerprint density at radius 1 is 1.50 bits per heavy atom. The Balaban J connectivity index is 2.44. The lowest BCUT2D eigenvalue weighted by Gasteiger charge is -2.11. The van der Waals surface area contributed by atoms with Crippen molar-refractivity contribution < 1.29 is 10.9 Å². The number of nitrogens with one attached hydrogen (secondary N) is 1. The molecule has 0 amide bonds. The van der Waals surface area contributed by atoms with Crippen LogP contribution in [0.2, 0.25) is 0 Å². The van der Waals surface area contributed by atoms with Gasteiger partial charge in [0.05, 0.1) is 5.56 Å². The second-order valence-corrected chi connectivity index (χ2v) is 4.40. The van der Waals surface area contributed by atoms with Crippen molar-refractivity contribution in [3.05, 3.63) is 36.1 Å². The van der Waals surface area contributed by atoms with Crippen molar-refractivity contribution in [2.75, 3.05) is 14.2 Å². The molecule has 112 valence electrons. The topological polar surface area (TPSA) is 105 Å². The molecule has 2 rings (SSSR count). The maximum Gasteiger partial charge on any atom is 0.298 e. The normalized spacial score (nSPS) is 12.3. The molecule has 0 atom stereocenters. The van der Waals surface area contributed by atoms with Gasteiger partial charge in [-0.2, -0.15) is 14.6 Å². The Bertz CT molecular complexity index is 783. The van der Waals surface area contributed by atoms with Crippen molar-refractivity contribution in [1.82, 2.24) is 14.7 Å². The van der Waals surface area contributed by atoms with Crippen LogP contribution in [0, 0.1) is 11.5 Å². The third-order valence-corrected chi connectivity index (χ3v) is 2.95. The van der Waals surface area contributed by atoms with E-state index in [0.29, 0.717) is 17.0 Å². The van der Waals surface area contributed by atoms with Crippen LogP contribution in [-0.2, 0) is 4.84 Å². The second-order valence-electron chi connectivity index (χ2n) is 3.69. The van der Waals surface area contributed by atoms with Crippen LogP contribution in [0.15, 0.2) is 40.7 Å². The highest BCUT2D eigenvalue weighted by Gasteiger charge is 2.18. The summed E-state index contributed by atoms with van der Waals surface area (Å²) in [4.78, 5) is 12.7. The number of hydrogen-bond acceptors (Lipinski definition) is 8. The number of ether oxygens (including phenoxy) is 1. The number of benzene rings is 1. The predicted molar refractivity (Wildman–Crippen MR) is 82.1 cm³/mol. The summed E-state index contributed by atoms with van der Waals surface area (Å²) < 4.78 is 16.7. The van der Waals surface area contributed by atoms with Gasteiger partial charge in [0, 0.05) is 18.6 Å². The first-order chi connectivity index (χ1) is 11.2. The quantitative estimate of drug-likeness (QED) is 0.296. The van der Waals surface area contributed by atoms with Crippen molar-refractivity contribution in [1.29, 1.82) is 5.26 Å². The molecular formula is C13H12N6O2S. The molecule has 1 N–H and O–H groups in total. The van der Waals surface area contributed by atoms with E-state index in [1.54, 1.807) is 30.5 Å². The molecule has 2 aromatic rings. The summed E-state index contributed by atoms with van der Waals surface area (Å²) in [5.41, 5.74) is 0.835. The van der Waals surface area contributed by atoms with Crippen molar-refractivity contribution in [3.8, 4) is 17.1 Å². The van der Waals surface area contributed by atoms with Gasteiger partial charge in [-0.1, -0.05) is 17.3 Å². The van der Waals surface area contributed by atoms with Crippen LogP contribution >= 0.6 is 11.5 Å².